The molecule has 1 heterocycles. The highest BCUT2D eigenvalue weighted by molar-refractivity contribution is 5.96. The average molecular weight is 374 g/mol. The van der Waals surface area contributed by atoms with Gasteiger partial charge in [-0.25, -0.2) is 4.79 Å². The second-order valence-electron chi connectivity index (χ2n) is 6.57. The van der Waals surface area contributed by atoms with Crippen molar-refractivity contribution < 1.29 is 32.6 Å². The van der Waals surface area contributed by atoms with E-state index in [9.17, 15) is 22.8 Å². The van der Waals surface area contributed by atoms with E-state index < -0.39 is 17.8 Å². The van der Waals surface area contributed by atoms with Crippen molar-refractivity contribution >= 4 is 11.9 Å². The number of hydrogen-bond donors (Lipinski definition) is 4. The molecule has 3 amide bonds. The zero-order valence-electron chi connectivity index (χ0n) is 14.9. The van der Waals surface area contributed by atoms with E-state index in [4.69, 9.17) is 0 Å². The molecule has 9 heteroatoms. The lowest BCUT2D eigenvalue weighted by atomic mass is 10.1. The van der Waals surface area contributed by atoms with Gasteiger partial charge in [-0.1, -0.05) is 12.1 Å². The molecule has 1 atom stereocenters. The number of halogens is 3. The van der Waals surface area contributed by atoms with E-state index in [0.29, 0.717) is 12.1 Å². The number of piperazine rings is 1. The predicted molar refractivity (Wildman–Crippen MR) is 88.6 cm³/mol. The molecular formula is C17H25F3N4O2+2. The van der Waals surface area contributed by atoms with Crippen LogP contribution in [0, 0.1) is 0 Å². The van der Waals surface area contributed by atoms with Gasteiger partial charge in [0.15, 0.2) is 6.04 Å². The largest absolute Gasteiger partial charge is 0.416 e. The summed E-state index contributed by atoms with van der Waals surface area (Å²) in [5.41, 5.74) is 0.0295. The highest BCUT2D eigenvalue weighted by Crippen LogP contribution is 2.29. The summed E-state index contributed by atoms with van der Waals surface area (Å²) in [4.78, 5) is 25.5. The number of rotatable bonds is 4. The molecule has 0 unspecified atom stereocenters. The summed E-state index contributed by atoms with van der Waals surface area (Å²) in [6, 6.07) is 4.53. The number of alkyl halides is 3. The molecule has 144 valence electrons. The summed E-state index contributed by atoms with van der Waals surface area (Å²) in [5.74, 6) is -0.333. The molecule has 1 aliphatic rings. The van der Waals surface area contributed by atoms with Crippen LogP contribution in [0.25, 0.3) is 0 Å². The number of nitrogens with one attached hydrogen (secondary N) is 4. The van der Waals surface area contributed by atoms with Crippen LogP contribution in [-0.4, -0.2) is 51.2 Å². The summed E-state index contributed by atoms with van der Waals surface area (Å²) < 4.78 is 38.4. The third-order valence-corrected chi connectivity index (χ3v) is 4.78. The number of benzene rings is 1. The Morgan fingerprint density at radius 3 is 2.42 bits per heavy atom. The Bertz CT molecular complexity index is 643. The molecule has 1 saturated heterocycles. The van der Waals surface area contributed by atoms with Crippen LogP contribution in [0.4, 0.5) is 18.0 Å². The van der Waals surface area contributed by atoms with Gasteiger partial charge in [0.25, 0.3) is 5.91 Å². The maximum atomic E-state index is 12.8. The molecule has 0 aliphatic carbocycles. The monoisotopic (exact) mass is 374 g/mol. The highest BCUT2D eigenvalue weighted by atomic mass is 19.4. The van der Waals surface area contributed by atoms with Crippen LogP contribution in [0.5, 0.6) is 0 Å². The van der Waals surface area contributed by atoms with Gasteiger partial charge in [0.05, 0.1) is 5.56 Å². The molecule has 0 bridgehead atoms. The first kappa shape index (κ1) is 20.2. The predicted octanol–water partition coefficient (Wildman–Crippen LogP) is -1.17. The van der Waals surface area contributed by atoms with E-state index >= 15 is 0 Å². The molecule has 6 nitrogen and oxygen atoms in total. The Labute approximate surface area is 150 Å². The SMILES string of the molecule is CNC(=O)NC(=O)[C@H](C)[NH+]1CC[NH+](Cc2cccc(C(F)(F)F)c2)CC1. The Hall–Kier alpha value is -2.13. The third-order valence-electron chi connectivity index (χ3n) is 4.78. The van der Waals surface area contributed by atoms with Crippen LogP contribution in [0.2, 0.25) is 0 Å². The zero-order valence-corrected chi connectivity index (χ0v) is 14.9. The van der Waals surface area contributed by atoms with Gasteiger partial charge in [-0.15, -0.1) is 0 Å². The Balaban J connectivity index is 1.87. The lowest BCUT2D eigenvalue weighted by Crippen LogP contribution is -3.29. The molecular weight excluding hydrogens is 349 g/mol. The van der Waals surface area contributed by atoms with Crippen molar-refractivity contribution in [3.63, 3.8) is 0 Å². The van der Waals surface area contributed by atoms with Gasteiger partial charge in [0.2, 0.25) is 0 Å². The molecule has 0 aromatic heterocycles. The summed E-state index contributed by atoms with van der Waals surface area (Å²) in [6.07, 6.45) is -4.33. The van der Waals surface area contributed by atoms with Crippen molar-refractivity contribution in [3.05, 3.63) is 35.4 Å². The van der Waals surface area contributed by atoms with E-state index in [1.165, 1.54) is 24.1 Å². The van der Waals surface area contributed by atoms with Gasteiger partial charge in [-0.2, -0.15) is 13.2 Å². The van der Waals surface area contributed by atoms with Crippen molar-refractivity contribution in [2.75, 3.05) is 33.2 Å². The molecule has 26 heavy (non-hydrogen) atoms. The number of urea groups is 1. The molecule has 0 radical (unpaired) electrons. The van der Waals surface area contributed by atoms with Gasteiger partial charge >= 0.3 is 12.2 Å². The van der Waals surface area contributed by atoms with Crippen molar-refractivity contribution in [2.45, 2.75) is 25.7 Å². The number of carbonyl (C=O) groups excluding carboxylic acids is 2. The lowest BCUT2D eigenvalue weighted by Gasteiger charge is -2.32. The molecule has 0 spiro atoms. The van der Waals surface area contributed by atoms with Crippen LogP contribution in [-0.2, 0) is 17.5 Å². The van der Waals surface area contributed by atoms with Crippen LogP contribution in [0.1, 0.15) is 18.1 Å². The van der Waals surface area contributed by atoms with Gasteiger partial charge in [-0.3, -0.25) is 10.1 Å². The first-order valence-electron chi connectivity index (χ1n) is 8.57. The number of imide groups is 1. The van der Waals surface area contributed by atoms with Gasteiger partial charge in [-0.05, 0) is 19.1 Å². The Kier molecular flexibility index (Phi) is 6.60. The summed E-state index contributed by atoms with van der Waals surface area (Å²) >= 11 is 0. The lowest BCUT2D eigenvalue weighted by molar-refractivity contribution is -1.02. The second kappa shape index (κ2) is 8.50. The van der Waals surface area contributed by atoms with Gasteiger partial charge in [0, 0.05) is 12.6 Å². The topological polar surface area (TPSA) is 67.1 Å². The second-order valence-corrected chi connectivity index (χ2v) is 6.57. The van der Waals surface area contributed by atoms with E-state index in [-0.39, 0.29) is 11.9 Å². The zero-order chi connectivity index (χ0) is 19.3. The molecule has 2 rings (SSSR count). The van der Waals surface area contributed by atoms with Crippen molar-refractivity contribution in [3.8, 4) is 0 Å². The molecule has 1 aromatic rings. The minimum atomic E-state index is -4.33. The van der Waals surface area contributed by atoms with E-state index in [1.807, 2.05) is 0 Å². The highest BCUT2D eigenvalue weighted by Gasteiger charge is 2.33. The number of amides is 3. The fourth-order valence-corrected chi connectivity index (χ4v) is 3.15. The minimum Gasteiger partial charge on any atom is -0.341 e. The third kappa shape index (κ3) is 5.43. The molecule has 1 aliphatic heterocycles. The standard InChI is InChI=1S/C17H23F3N4O2/c1-12(15(25)22-16(26)21-2)24-8-6-23(7-9-24)11-13-4-3-5-14(10-13)17(18,19)20/h3-5,10,12H,6-9,11H2,1-2H3,(H2,21,22,25,26)/p+2/t12-/m0/s1. The molecule has 1 aromatic carbocycles. The number of quaternary nitrogens is 2. The van der Waals surface area contributed by atoms with Crippen molar-refractivity contribution in [1.29, 1.82) is 0 Å². The number of carbonyl (C=O) groups is 2. The molecule has 0 saturated carbocycles. The van der Waals surface area contributed by atoms with Crippen LogP contribution in [0.3, 0.4) is 0 Å². The maximum absolute atomic E-state index is 12.8. The van der Waals surface area contributed by atoms with Crippen LogP contribution in [0.15, 0.2) is 24.3 Å². The van der Waals surface area contributed by atoms with E-state index in [1.54, 1.807) is 13.0 Å². The van der Waals surface area contributed by atoms with Crippen LogP contribution < -0.4 is 20.4 Å². The summed E-state index contributed by atoms with van der Waals surface area (Å²) in [7, 11) is 1.44. The smallest absolute Gasteiger partial charge is 0.341 e. The summed E-state index contributed by atoms with van der Waals surface area (Å²) in [5, 5.41) is 4.61. The van der Waals surface area contributed by atoms with Gasteiger partial charge in [0.1, 0.15) is 32.7 Å². The van der Waals surface area contributed by atoms with E-state index in [2.05, 4.69) is 10.6 Å². The quantitative estimate of drug-likeness (QED) is 0.537. The first-order chi connectivity index (χ1) is 12.2. The maximum Gasteiger partial charge on any atom is 0.416 e. The summed E-state index contributed by atoms with van der Waals surface area (Å²) in [6.45, 7) is 5.24. The fraction of sp³-hybridized carbons (Fsp3) is 0.529. The normalized spacial score (nSPS) is 21.7. The molecule has 4 N–H and O–H groups in total. The Morgan fingerprint density at radius 1 is 1.19 bits per heavy atom. The van der Waals surface area contributed by atoms with Crippen molar-refractivity contribution in [1.82, 2.24) is 10.6 Å². The fourth-order valence-electron chi connectivity index (χ4n) is 3.15. The van der Waals surface area contributed by atoms with Crippen LogP contribution >= 0.6 is 0 Å². The first-order valence-corrected chi connectivity index (χ1v) is 8.57. The number of hydrogen-bond acceptors (Lipinski definition) is 2. The van der Waals surface area contributed by atoms with Crippen molar-refractivity contribution in [2.24, 2.45) is 0 Å². The molecule has 1 fully saturated rings. The van der Waals surface area contributed by atoms with E-state index in [0.717, 1.165) is 37.1 Å². The van der Waals surface area contributed by atoms with Gasteiger partial charge < -0.3 is 15.1 Å². The Morgan fingerprint density at radius 2 is 1.85 bits per heavy atom. The minimum absolute atomic E-state index is 0.333. The average Bonchev–Trinajstić information content (AvgIpc) is 2.61.